The fourth-order valence-electron chi connectivity index (χ4n) is 4.61. The predicted octanol–water partition coefficient (Wildman–Crippen LogP) is 4.25. The van der Waals surface area contributed by atoms with Gasteiger partial charge < -0.3 is 0 Å². The summed E-state index contributed by atoms with van der Waals surface area (Å²) < 4.78 is 0. The number of nitrogens with one attached hydrogen (secondary N) is 1. The first kappa shape index (κ1) is 15.3. The molecule has 3 N–H and O–H groups in total. The van der Waals surface area contributed by atoms with E-state index >= 15 is 0 Å². The van der Waals surface area contributed by atoms with Crippen molar-refractivity contribution < 1.29 is 0 Å². The maximum Gasteiger partial charge on any atom is 0.0269 e. The average molecular weight is 266 g/mol. The van der Waals surface area contributed by atoms with Crippen LogP contribution in [0.4, 0.5) is 0 Å². The van der Waals surface area contributed by atoms with Crippen LogP contribution in [0.3, 0.4) is 0 Å². The van der Waals surface area contributed by atoms with Gasteiger partial charge in [0.2, 0.25) is 0 Å². The van der Waals surface area contributed by atoms with Gasteiger partial charge in [0.25, 0.3) is 0 Å². The second-order valence-electron chi connectivity index (χ2n) is 7.81. The van der Waals surface area contributed by atoms with E-state index in [2.05, 4.69) is 26.2 Å². The van der Waals surface area contributed by atoms with Crippen molar-refractivity contribution >= 4 is 0 Å². The van der Waals surface area contributed by atoms with Crippen molar-refractivity contribution in [3.8, 4) is 0 Å². The van der Waals surface area contributed by atoms with Crippen molar-refractivity contribution in [2.45, 2.75) is 84.6 Å². The lowest BCUT2D eigenvalue weighted by atomic mass is 9.65. The fourth-order valence-corrected chi connectivity index (χ4v) is 4.61. The van der Waals surface area contributed by atoms with Crippen molar-refractivity contribution in [3.63, 3.8) is 0 Å². The van der Waals surface area contributed by atoms with Gasteiger partial charge in [0.1, 0.15) is 0 Å². The number of hydrogen-bond acceptors (Lipinski definition) is 2. The Morgan fingerprint density at radius 2 is 1.74 bits per heavy atom. The Bertz CT molecular complexity index is 264. The third kappa shape index (κ3) is 3.72. The number of nitrogens with two attached hydrogens (primary N) is 1. The summed E-state index contributed by atoms with van der Waals surface area (Å²) in [6, 6.07) is 0.571. The zero-order chi connectivity index (χ0) is 13.9. The fraction of sp³-hybridized carbons (Fsp3) is 1.00. The van der Waals surface area contributed by atoms with E-state index in [0.717, 1.165) is 17.8 Å². The third-order valence-corrected chi connectivity index (χ3v) is 6.04. The van der Waals surface area contributed by atoms with E-state index in [9.17, 15) is 0 Å². The largest absolute Gasteiger partial charge is 0.271 e. The van der Waals surface area contributed by atoms with Crippen LogP contribution in [0.5, 0.6) is 0 Å². The summed E-state index contributed by atoms with van der Waals surface area (Å²) in [5, 5.41) is 0. The minimum Gasteiger partial charge on any atom is -0.271 e. The van der Waals surface area contributed by atoms with E-state index < -0.39 is 0 Å². The molecule has 3 unspecified atom stereocenters. The molecule has 2 aliphatic rings. The summed E-state index contributed by atoms with van der Waals surface area (Å²) in [5.41, 5.74) is 3.80. The lowest BCUT2D eigenvalue weighted by molar-refractivity contribution is 0.0906. The molecule has 0 amide bonds. The van der Waals surface area contributed by atoms with Gasteiger partial charge in [0.05, 0.1) is 0 Å². The molecule has 19 heavy (non-hydrogen) atoms. The Morgan fingerprint density at radius 1 is 1.11 bits per heavy atom. The average Bonchev–Trinajstić information content (AvgIpc) is 2.42. The minimum atomic E-state index is 0.562. The van der Waals surface area contributed by atoms with Crippen LogP contribution in [0.2, 0.25) is 0 Å². The zero-order valence-electron chi connectivity index (χ0n) is 13.3. The van der Waals surface area contributed by atoms with Crippen LogP contribution in [0.25, 0.3) is 0 Å². The van der Waals surface area contributed by atoms with Gasteiger partial charge in [-0.3, -0.25) is 11.3 Å². The van der Waals surface area contributed by atoms with Crippen LogP contribution < -0.4 is 11.3 Å². The minimum absolute atomic E-state index is 0.562. The summed E-state index contributed by atoms with van der Waals surface area (Å²) in [6.45, 7) is 7.20. The molecule has 2 saturated carbocycles. The van der Waals surface area contributed by atoms with E-state index in [0.29, 0.717) is 11.5 Å². The predicted molar refractivity (Wildman–Crippen MR) is 82.6 cm³/mol. The second kappa shape index (κ2) is 6.58. The van der Waals surface area contributed by atoms with Crippen molar-refractivity contribution in [1.29, 1.82) is 0 Å². The van der Waals surface area contributed by atoms with Gasteiger partial charge in [-0.1, -0.05) is 46.5 Å². The molecule has 0 saturated heterocycles. The second-order valence-corrected chi connectivity index (χ2v) is 7.81. The Kier molecular flexibility index (Phi) is 5.30. The highest BCUT2D eigenvalue weighted by molar-refractivity contribution is 4.91. The van der Waals surface area contributed by atoms with Crippen molar-refractivity contribution in [3.05, 3.63) is 0 Å². The van der Waals surface area contributed by atoms with Crippen LogP contribution in [0.1, 0.15) is 78.6 Å². The van der Waals surface area contributed by atoms with Crippen molar-refractivity contribution in [1.82, 2.24) is 5.43 Å². The standard InChI is InChI=1S/C17H34N2/c1-4-13-7-5-6-8-15(13)16(19-18)14-9-11-17(2,3)12-10-14/h13-16,19H,4-12,18H2,1-3H3. The normalized spacial score (nSPS) is 34.1. The molecular formula is C17H34N2. The summed E-state index contributed by atoms with van der Waals surface area (Å²) in [4.78, 5) is 0. The molecule has 0 radical (unpaired) electrons. The first-order chi connectivity index (χ1) is 9.07. The summed E-state index contributed by atoms with van der Waals surface area (Å²) >= 11 is 0. The van der Waals surface area contributed by atoms with Crippen LogP contribution in [0, 0.1) is 23.2 Å². The molecule has 2 fully saturated rings. The first-order valence-corrected chi connectivity index (χ1v) is 8.53. The molecule has 2 aliphatic carbocycles. The van der Waals surface area contributed by atoms with Gasteiger partial charge in [0.15, 0.2) is 0 Å². The molecule has 2 rings (SSSR count). The summed E-state index contributed by atoms with van der Waals surface area (Å²) in [7, 11) is 0. The van der Waals surface area contributed by atoms with Gasteiger partial charge >= 0.3 is 0 Å². The monoisotopic (exact) mass is 266 g/mol. The molecule has 0 heterocycles. The third-order valence-electron chi connectivity index (χ3n) is 6.04. The van der Waals surface area contributed by atoms with Crippen LogP contribution in [-0.2, 0) is 0 Å². The Balaban J connectivity index is 1.99. The van der Waals surface area contributed by atoms with E-state index in [4.69, 9.17) is 5.84 Å². The van der Waals surface area contributed by atoms with Crippen LogP contribution >= 0.6 is 0 Å². The topological polar surface area (TPSA) is 38.0 Å². The molecule has 112 valence electrons. The molecule has 2 nitrogen and oxygen atoms in total. The van der Waals surface area contributed by atoms with Crippen molar-refractivity contribution in [2.75, 3.05) is 0 Å². The van der Waals surface area contributed by atoms with Crippen LogP contribution in [0.15, 0.2) is 0 Å². The molecule has 0 aliphatic heterocycles. The SMILES string of the molecule is CCC1CCCCC1C(NN)C1CCC(C)(C)CC1. The molecule has 3 atom stereocenters. The molecule has 0 spiro atoms. The molecule has 2 heteroatoms. The van der Waals surface area contributed by atoms with Gasteiger partial charge in [-0.05, 0) is 55.3 Å². The van der Waals surface area contributed by atoms with E-state index in [1.807, 2.05) is 0 Å². The number of rotatable bonds is 4. The quantitative estimate of drug-likeness (QED) is 0.589. The highest BCUT2D eigenvalue weighted by Gasteiger charge is 2.37. The molecule has 0 bridgehead atoms. The maximum absolute atomic E-state index is 5.97. The highest BCUT2D eigenvalue weighted by atomic mass is 15.2. The number of hydrogen-bond donors (Lipinski definition) is 2. The summed E-state index contributed by atoms with van der Waals surface area (Å²) in [6.07, 6.45) is 12.5. The highest BCUT2D eigenvalue weighted by Crippen LogP contribution is 2.43. The van der Waals surface area contributed by atoms with Gasteiger partial charge in [-0.2, -0.15) is 0 Å². The first-order valence-electron chi connectivity index (χ1n) is 8.53. The zero-order valence-corrected chi connectivity index (χ0v) is 13.3. The molecule has 0 aromatic heterocycles. The number of hydrazine groups is 1. The Morgan fingerprint density at radius 3 is 2.32 bits per heavy atom. The van der Waals surface area contributed by atoms with Crippen molar-refractivity contribution in [2.24, 2.45) is 29.0 Å². The van der Waals surface area contributed by atoms with E-state index in [1.165, 1.54) is 57.8 Å². The van der Waals surface area contributed by atoms with E-state index in [1.54, 1.807) is 0 Å². The smallest absolute Gasteiger partial charge is 0.0269 e. The Hall–Kier alpha value is -0.0800. The van der Waals surface area contributed by atoms with Crippen LogP contribution in [-0.4, -0.2) is 6.04 Å². The lowest BCUT2D eigenvalue weighted by Crippen LogP contribution is -2.50. The maximum atomic E-state index is 5.97. The summed E-state index contributed by atoms with van der Waals surface area (Å²) in [5.74, 6) is 8.52. The van der Waals surface area contributed by atoms with Gasteiger partial charge in [0, 0.05) is 6.04 Å². The molecule has 0 aromatic rings. The van der Waals surface area contributed by atoms with Gasteiger partial charge in [-0.25, -0.2) is 0 Å². The molecular weight excluding hydrogens is 232 g/mol. The van der Waals surface area contributed by atoms with E-state index in [-0.39, 0.29) is 0 Å². The van der Waals surface area contributed by atoms with Gasteiger partial charge in [-0.15, -0.1) is 0 Å². The molecule has 0 aromatic carbocycles. The Labute approximate surface area is 119 Å². The lowest BCUT2D eigenvalue weighted by Gasteiger charge is -2.44.